The van der Waals surface area contributed by atoms with E-state index in [0.717, 1.165) is 25.7 Å². The molecule has 8 heteroatoms. The number of hydrogen-bond acceptors (Lipinski definition) is 4. The molecule has 2 amide bonds. The lowest BCUT2D eigenvalue weighted by Crippen LogP contribution is -2.42. The van der Waals surface area contributed by atoms with Crippen LogP contribution in [0, 0.1) is 0 Å². The minimum atomic E-state index is -0.428. The molecule has 1 saturated carbocycles. The number of nitrogens with two attached hydrogens (primary N) is 1. The van der Waals surface area contributed by atoms with Gasteiger partial charge in [-0.25, -0.2) is 0 Å². The molecular weight excluding hydrogens is 353 g/mol. The molecule has 0 aliphatic heterocycles. The van der Waals surface area contributed by atoms with E-state index in [-0.39, 0.29) is 41.5 Å². The molecule has 1 aromatic carbocycles. The SMILES string of the molecule is COc1cc(N)c(Cl)cc1C(=O)NCC(=O)NC1CCCCC1.Cl. The Labute approximate surface area is 152 Å². The van der Waals surface area contributed by atoms with Gasteiger partial charge in [-0.05, 0) is 18.9 Å². The molecule has 24 heavy (non-hydrogen) atoms. The first kappa shape index (κ1) is 20.4. The molecule has 0 unspecified atom stereocenters. The number of methoxy groups -OCH3 is 1. The largest absolute Gasteiger partial charge is 0.496 e. The van der Waals surface area contributed by atoms with Gasteiger partial charge in [0.2, 0.25) is 5.91 Å². The average Bonchev–Trinajstić information content (AvgIpc) is 2.55. The summed E-state index contributed by atoms with van der Waals surface area (Å²) >= 11 is 5.94. The third-order valence-corrected chi connectivity index (χ3v) is 4.27. The lowest BCUT2D eigenvalue weighted by molar-refractivity contribution is -0.121. The number of carbonyl (C=O) groups is 2. The number of amides is 2. The zero-order valence-electron chi connectivity index (χ0n) is 13.6. The van der Waals surface area contributed by atoms with Crippen molar-refractivity contribution in [2.45, 2.75) is 38.1 Å². The predicted molar refractivity (Wildman–Crippen MR) is 97.0 cm³/mol. The lowest BCUT2D eigenvalue weighted by Gasteiger charge is -2.22. The molecule has 6 nitrogen and oxygen atoms in total. The summed E-state index contributed by atoms with van der Waals surface area (Å²) in [5, 5.41) is 5.79. The number of nitrogen functional groups attached to an aromatic ring is 1. The highest BCUT2D eigenvalue weighted by Gasteiger charge is 2.18. The molecule has 1 aliphatic carbocycles. The number of anilines is 1. The van der Waals surface area contributed by atoms with E-state index in [1.807, 2.05) is 0 Å². The molecule has 134 valence electrons. The van der Waals surface area contributed by atoms with E-state index < -0.39 is 5.91 Å². The summed E-state index contributed by atoms with van der Waals surface area (Å²) in [4.78, 5) is 24.1. The van der Waals surface area contributed by atoms with Crippen LogP contribution in [-0.4, -0.2) is 31.5 Å². The molecule has 0 saturated heterocycles. The zero-order valence-corrected chi connectivity index (χ0v) is 15.1. The standard InChI is InChI=1S/C16H22ClN3O3.ClH/c1-23-14-8-13(18)12(17)7-11(14)16(22)19-9-15(21)20-10-5-3-2-4-6-10;/h7-8,10H,2-6,9,18H2,1H3,(H,19,22)(H,20,21);1H. The monoisotopic (exact) mass is 375 g/mol. The van der Waals surface area contributed by atoms with Crippen LogP contribution in [0.4, 0.5) is 5.69 Å². The van der Waals surface area contributed by atoms with Crippen LogP contribution in [0.25, 0.3) is 0 Å². The second kappa shape index (κ2) is 9.59. The van der Waals surface area contributed by atoms with Crippen molar-refractivity contribution < 1.29 is 14.3 Å². The van der Waals surface area contributed by atoms with Gasteiger partial charge in [0, 0.05) is 12.1 Å². The molecule has 0 heterocycles. The van der Waals surface area contributed by atoms with Gasteiger partial charge in [-0.1, -0.05) is 30.9 Å². The topological polar surface area (TPSA) is 93.4 Å². The number of ether oxygens (including phenoxy) is 1. The zero-order chi connectivity index (χ0) is 16.8. The van der Waals surface area contributed by atoms with E-state index in [2.05, 4.69) is 10.6 Å². The second-order valence-corrected chi connectivity index (χ2v) is 6.07. The average molecular weight is 376 g/mol. The highest BCUT2D eigenvalue weighted by Crippen LogP contribution is 2.28. The van der Waals surface area contributed by atoms with Crippen LogP contribution in [0.1, 0.15) is 42.5 Å². The Morgan fingerprint density at radius 3 is 2.58 bits per heavy atom. The third kappa shape index (κ3) is 5.46. The summed E-state index contributed by atoms with van der Waals surface area (Å²) in [5.41, 5.74) is 6.26. The van der Waals surface area contributed by atoms with Gasteiger partial charge in [0.25, 0.3) is 5.91 Å². The summed E-state index contributed by atoms with van der Waals surface area (Å²) in [7, 11) is 1.44. The summed E-state index contributed by atoms with van der Waals surface area (Å²) < 4.78 is 5.13. The Balaban J connectivity index is 0.00000288. The van der Waals surface area contributed by atoms with Crippen molar-refractivity contribution >= 4 is 41.5 Å². The fraction of sp³-hybridized carbons (Fsp3) is 0.500. The van der Waals surface area contributed by atoms with E-state index >= 15 is 0 Å². The first-order valence-electron chi connectivity index (χ1n) is 7.72. The van der Waals surface area contributed by atoms with E-state index in [4.69, 9.17) is 22.1 Å². The van der Waals surface area contributed by atoms with Gasteiger partial charge in [-0.2, -0.15) is 0 Å². The van der Waals surface area contributed by atoms with E-state index in [9.17, 15) is 9.59 Å². The van der Waals surface area contributed by atoms with Gasteiger partial charge in [0.1, 0.15) is 5.75 Å². The van der Waals surface area contributed by atoms with E-state index in [1.165, 1.54) is 25.7 Å². The van der Waals surface area contributed by atoms with Gasteiger partial charge in [-0.15, -0.1) is 12.4 Å². The first-order chi connectivity index (χ1) is 11.0. The molecule has 2 rings (SSSR count). The van der Waals surface area contributed by atoms with Crippen LogP contribution in [0.2, 0.25) is 5.02 Å². The van der Waals surface area contributed by atoms with Gasteiger partial charge >= 0.3 is 0 Å². The molecule has 4 N–H and O–H groups in total. The normalized spacial score (nSPS) is 14.4. The van der Waals surface area contributed by atoms with E-state index in [1.54, 1.807) is 0 Å². The molecule has 0 radical (unpaired) electrons. The molecule has 0 atom stereocenters. The molecular formula is C16H23Cl2N3O3. The van der Waals surface area contributed by atoms with Crippen LogP contribution < -0.4 is 21.1 Å². The van der Waals surface area contributed by atoms with E-state index in [0.29, 0.717) is 11.4 Å². The number of hydrogen-bond donors (Lipinski definition) is 3. The highest BCUT2D eigenvalue weighted by atomic mass is 35.5. The van der Waals surface area contributed by atoms with Gasteiger partial charge in [0.05, 0.1) is 29.9 Å². The fourth-order valence-electron chi connectivity index (χ4n) is 2.70. The van der Waals surface area contributed by atoms with Gasteiger partial charge in [-0.3, -0.25) is 9.59 Å². The van der Waals surface area contributed by atoms with Crippen molar-refractivity contribution in [2.75, 3.05) is 19.4 Å². The molecule has 1 fully saturated rings. The number of halogens is 2. The first-order valence-corrected chi connectivity index (χ1v) is 8.09. The lowest BCUT2D eigenvalue weighted by atomic mass is 9.95. The molecule has 0 bridgehead atoms. The summed E-state index contributed by atoms with van der Waals surface area (Å²) in [6.07, 6.45) is 5.50. The third-order valence-electron chi connectivity index (χ3n) is 3.94. The van der Waals surface area contributed by atoms with Crippen LogP contribution >= 0.6 is 24.0 Å². The fourth-order valence-corrected chi connectivity index (χ4v) is 2.86. The minimum Gasteiger partial charge on any atom is -0.496 e. The Morgan fingerprint density at radius 2 is 1.96 bits per heavy atom. The Bertz CT molecular complexity index is 590. The number of benzene rings is 1. The highest BCUT2D eigenvalue weighted by molar-refractivity contribution is 6.33. The Hall–Kier alpha value is -1.66. The predicted octanol–water partition coefficient (Wildman–Crippen LogP) is 2.53. The van der Waals surface area contributed by atoms with Crippen molar-refractivity contribution in [1.82, 2.24) is 10.6 Å². The smallest absolute Gasteiger partial charge is 0.255 e. The van der Waals surface area contributed by atoms with Gasteiger partial charge < -0.3 is 21.1 Å². The maximum absolute atomic E-state index is 12.2. The van der Waals surface area contributed by atoms with Crippen molar-refractivity contribution in [2.24, 2.45) is 0 Å². The van der Waals surface area contributed by atoms with Crippen molar-refractivity contribution in [3.63, 3.8) is 0 Å². The Kier molecular flexibility index (Phi) is 8.15. The van der Waals surface area contributed by atoms with Crippen LogP contribution in [0.15, 0.2) is 12.1 Å². The van der Waals surface area contributed by atoms with Crippen molar-refractivity contribution in [1.29, 1.82) is 0 Å². The minimum absolute atomic E-state index is 0. The maximum Gasteiger partial charge on any atom is 0.255 e. The Morgan fingerprint density at radius 1 is 1.29 bits per heavy atom. The van der Waals surface area contributed by atoms with Crippen molar-refractivity contribution in [3.05, 3.63) is 22.7 Å². The summed E-state index contributed by atoms with van der Waals surface area (Å²) in [5.74, 6) is -0.301. The van der Waals surface area contributed by atoms with Crippen LogP contribution in [0.3, 0.4) is 0 Å². The maximum atomic E-state index is 12.2. The molecule has 0 aromatic heterocycles. The van der Waals surface area contributed by atoms with Crippen molar-refractivity contribution in [3.8, 4) is 5.75 Å². The summed E-state index contributed by atoms with van der Waals surface area (Å²) in [6.45, 7) is -0.0829. The summed E-state index contributed by atoms with van der Waals surface area (Å²) in [6, 6.07) is 3.14. The number of carbonyl (C=O) groups excluding carboxylic acids is 2. The quantitative estimate of drug-likeness (QED) is 0.689. The van der Waals surface area contributed by atoms with Crippen LogP contribution in [0.5, 0.6) is 5.75 Å². The van der Waals surface area contributed by atoms with Gasteiger partial charge in [0.15, 0.2) is 0 Å². The molecule has 1 aliphatic rings. The number of nitrogens with one attached hydrogen (secondary N) is 2. The number of rotatable bonds is 5. The molecule has 1 aromatic rings. The van der Waals surface area contributed by atoms with Crippen LogP contribution in [-0.2, 0) is 4.79 Å². The molecule has 0 spiro atoms. The second-order valence-electron chi connectivity index (χ2n) is 5.66.